The first-order chi connectivity index (χ1) is 10.2. The summed E-state index contributed by atoms with van der Waals surface area (Å²) in [6.07, 6.45) is 4.09. The monoisotopic (exact) mass is 309 g/mol. The molecular formula is C14H23N5OS. The third kappa shape index (κ3) is 5.00. The number of likely N-dealkylation sites (tertiary alicyclic amines) is 1. The van der Waals surface area contributed by atoms with Gasteiger partial charge in [0.05, 0.1) is 11.6 Å². The molecule has 1 aromatic rings. The highest BCUT2D eigenvalue weighted by Crippen LogP contribution is 2.10. The number of aryl methyl sites for hydroxylation is 1. The maximum atomic E-state index is 12.0. The highest BCUT2D eigenvalue weighted by Gasteiger charge is 2.17. The average molecular weight is 309 g/mol. The summed E-state index contributed by atoms with van der Waals surface area (Å²) in [6.45, 7) is 7.40. The Morgan fingerprint density at radius 1 is 1.43 bits per heavy atom. The molecule has 2 N–H and O–H groups in total. The van der Waals surface area contributed by atoms with E-state index in [-0.39, 0.29) is 12.5 Å². The highest BCUT2D eigenvalue weighted by molar-refractivity contribution is 7.11. The normalized spacial score (nSPS) is 15.3. The molecule has 0 aromatic carbocycles. The maximum Gasteiger partial charge on any atom is 0.244 e. The Labute approximate surface area is 129 Å². The topological polar surface area (TPSA) is 69.6 Å². The molecule has 21 heavy (non-hydrogen) atoms. The van der Waals surface area contributed by atoms with Crippen molar-refractivity contribution in [2.75, 3.05) is 26.2 Å². The van der Waals surface area contributed by atoms with Gasteiger partial charge in [-0.1, -0.05) is 0 Å². The van der Waals surface area contributed by atoms with Gasteiger partial charge >= 0.3 is 0 Å². The minimum absolute atomic E-state index is 0.110. The summed E-state index contributed by atoms with van der Waals surface area (Å²) < 4.78 is 0. The van der Waals surface area contributed by atoms with Gasteiger partial charge in [-0.3, -0.25) is 4.79 Å². The van der Waals surface area contributed by atoms with E-state index in [2.05, 4.69) is 20.6 Å². The van der Waals surface area contributed by atoms with Crippen LogP contribution < -0.4 is 10.6 Å². The Hall–Kier alpha value is -1.63. The van der Waals surface area contributed by atoms with Crippen LogP contribution in [-0.4, -0.2) is 47.9 Å². The van der Waals surface area contributed by atoms with Crippen molar-refractivity contribution >= 4 is 23.2 Å². The maximum absolute atomic E-state index is 12.0. The molecule has 2 heterocycles. The Bertz CT molecular complexity index is 493. The molecule has 1 saturated heterocycles. The SMILES string of the molecule is CCNC(=NCC(=O)N1CCCC1)NCc1cnc(C)s1. The second kappa shape index (κ2) is 7.97. The highest BCUT2D eigenvalue weighted by atomic mass is 32.1. The van der Waals surface area contributed by atoms with Crippen molar-refractivity contribution in [1.82, 2.24) is 20.5 Å². The van der Waals surface area contributed by atoms with Gasteiger partial charge in [0.2, 0.25) is 5.91 Å². The van der Waals surface area contributed by atoms with E-state index in [0.29, 0.717) is 12.5 Å². The molecule has 0 bridgehead atoms. The largest absolute Gasteiger partial charge is 0.357 e. The lowest BCUT2D eigenvalue weighted by Crippen LogP contribution is -2.38. The number of aliphatic imine (C=N–C) groups is 1. The lowest BCUT2D eigenvalue weighted by molar-refractivity contribution is -0.128. The molecule has 0 saturated carbocycles. The molecule has 1 amide bonds. The molecule has 1 aliphatic heterocycles. The molecule has 2 rings (SSSR count). The number of carbonyl (C=O) groups is 1. The second-order valence-corrected chi connectivity index (χ2v) is 6.30. The van der Waals surface area contributed by atoms with Crippen molar-refractivity contribution in [2.24, 2.45) is 4.99 Å². The van der Waals surface area contributed by atoms with Gasteiger partial charge in [-0.15, -0.1) is 11.3 Å². The van der Waals surface area contributed by atoms with E-state index in [1.54, 1.807) is 11.3 Å². The van der Waals surface area contributed by atoms with Gasteiger partial charge in [-0.2, -0.15) is 0 Å². The molecule has 7 heteroatoms. The minimum Gasteiger partial charge on any atom is -0.357 e. The number of hydrogen-bond donors (Lipinski definition) is 2. The van der Waals surface area contributed by atoms with Crippen molar-refractivity contribution in [3.05, 3.63) is 16.1 Å². The number of nitrogens with one attached hydrogen (secondary N) is 2. The lowest BCUT2D eigenvalue weighted by atomic mass is 10.4. The zero-order valence-corrected chi connectivity index (χ0v) is 13.5. The number of hydrogen-bond acceptors (Lipinski definition) is 4. The molecule has 6 nitrogen and oxygen atoms in total. The van der Waals surface area contributed by atoms with Gasteiger partial charge in [0.25, 0.3) is 0 Å². The van der Waals surface area contributed by atoms with Crippen LogP contribution in [0, 0.1) is 6.92 Å². The van der Waals surface area contributed by atoms with E-state index in [4.69, 9.17) is 0 Å². The molecule has 116 valence electrons. The van der Waals surface area contributed by atoms with Crippen LogP contribution in [0.4, 0.5) is 0 Å². The zero-order chi connectivity index (χ0) is 15.1. The molecule has 0 spiro atoms. The minimum atomic E-state index is 0.110. The number of rotatable bonds is 5. The van der Waals surface area contributed by atoms with E-state index in [9.17, 15) is 4.79 Å². The summed E-state index contributed by atoms with van der Waals surface area (Å²) in [5.74, 6) is 0.787. The van der Waals surface area contributed by atoms with Crippen LogP contribution in [0.15, 0.2) is 11.2 Å². The van der Waals surface area contributed by atoms with Gasteiger partial charge < -0.3 is 15.5 Å². The van der Waals surface area contributed by atoms with Gasteiger partial charge in [-0.05, 0) is 26.7 Å². The van der Waals surface area contributed by atoms with Crippen molar-refractivity contribution in [3.63, 3.8) is 0 Å². The van der Waals surface area contributed by atoms with Crippen LogP contribution in [0.2, 0.25) is 0 Å². The molecule has 0 aliphatic carbocycles. The Kier molecular flexibility index (Phi) is 5.98. The van der Waals surface area contributed by atoms with Crippen molar-refractivity contribution < 1.29 is 4.79 Å². The number of thiazole rings is 1. The summed E-state index contributed by atoms with van der Waals surface area (Å²) in [7, 11) is 0. The number of carbonyl (C=O) groups excluding carboxylic acids is 1. The Morgan fingerprint density at radius 2 is 2.19 bits per heavy atom. The quantitative estimate of drug-likeness (QED) is 0.632. The summed E-state index contributed by atoms with van der Waals surface area (Å²) in [5, 5.41) is 7.45. The smallest absolute Gasteiger partial charge is 0.244 e. The van der Waals surface area contributed by atoms with Crippen LogP contribution in [0.5, 0.6) is 0 Å². The third-order valence-electron chi connectivity index (χ3n) is 3.27. The number of nitrogens with zero attached hydrogens (tertiary/aromatic N) is 3. The fourth-order valence-electron chi connectivity index (χ4n) is 2.21. The lowest BCUT2D eigenvalue weighted by Gasteiger charge is -2.15. The van der Waals surface area contributed by atoms with Crippen molar-refractivity contribution in [2.45, 2.75) is 33.2 Å². The standard InChI is InChI=1S/C14H23N5OS/c1-3-15-14(17-9-12-8-16-11(2)21-12)18-10-13(20)19-6-4-5-7-19/h8H,3-7,9-10H2,1-2H3,(H2,15,17,18). The van der Waals surface area contributed by atoms with Gasteiger partial charge in [0, 0.05) is 30.7 Å². The van der Waals surface area contributed by atoms with Gasteiger partial charge in [0.15, 0.2) is 5.96 Å². The Morgan fingerprint density at radius 3 is 2.81 bits per heavy atom. The number of aromatic nitrogens is 1. The van der Waals surface area contributed by atoms with Crippen LogP contribution in [0.25, 0.3) is 0 Å². The molecule has 0 atom stereocenters. The Balaban J connectivity index is 1.84. The first kappa shape index (κ1) is 15.8. The van der Waals surface area contributed by atoms with E-state index >= 15 is 0 Å². The summed E-state index contributed by atoms with van der Waals surface area (Å²) in [6, 6.07) is 0. The molecule has 1 fully saturated rings. The fourth-order valence-corrected chi connectivity index (χ4v) is 2.95. The van der Waals surface area contributed by atoms with Crippen LogP contribution in [-0.2, 0) is 11.3 Å². The van der Waals surface area contributed by atoms with E-state index < -0.39 is 0 Å². The molecule has 1 aliphatic rings. The fraction of sp³-hybridized carbons (Fsp3) is 0.643. The van der Waals surface area contributed by atoms with Crippen LogP contribution in [0.3, 0.4) is 0 Å². The van der Waals surface area contributed by atoms with Crippen LogP contribution >= 0.6 is 11.3 Å². The second-order valence-electron chi connectivity index (χ2n) is 4.98. The number of amides is 1. The molecule has 1 aromatic heterocycles. The third-order valence-corrected chi connectivity index (χ3v) is 4.19. The van der Waals surface area contributed by atoms with E-state index in [0.717, 1.165) is 42.4 Å². The summed E-state index contributed by atoms with van der Waals surface area (Å²) >= 11 is 1.66. The molecule has 0 unspecified atom stereocenters. The zero-order valence-electron chi connectivity index (χ0n) is 12.7. The van der Waals surface area contributed by atoms with E-state index in [1.807, 2.05) is 24.9 Å². The molecular weight excluding hydrogens is 286 g/mol. The predicted octanol–water partition coefficient (Wildman–Crippen LogP) is 1.13. The van der Waals surface area contributed by atoms with Crippen molar-refractivity contribution in [1.29, 1.82) is 0 Å². The first-order valence-electron chi connectivity index (χ1n) is 7.40. The average Bonchev–Trinajstić information content (AvgIpc) is 3.13. The number of guanidine groups is 1. The van der Waals surface area contributed by atoms with Crippen molar-refractivity contribution in [3.8, 4) is 0 Å². The molecule has 0 radical (unpaired) electrons. The summed E-state index contributed by atoms with van der Waals surface area (Å²) in [5.41, 5.74) is 0. The van der Waals surface area contributed by atoms with Crippen LogP contribution in [0.1, 0.15) is 29.7 Å². The van der Waals surface area contributed by atoms with E-state index in [1.165, 1.54) is 0 Å². The predicted molar refractivity (Wildman–Crippen MR) is 85.5 cm³/mol. The first-order valence-corrected chi connectivity index (χ1v) is 8.22. The summed E-state index contributed by atoms with van der Waals surface area (Å²) in [4.78, 5) is 23.6. The van der Waals surface area contributed by atoms with Gasteiger partial charge in [-0.25, -0.2) is 9.98 Å². The van der Waals surface area contributed by atoms with Gasteiger partial charge in [0.1, 0.15) is 6.54 Å².